The summed E-state index contributed by atoms with van der Waals surface area (Å²) in [6.45, 7) is 2.64. The lowest BCUT2D eigenvalue weighted by molar-refractivity contribution is -0.122. The average molecular weight is 223 g/mol. The van der Waals surface area contributed by atoms with E-state index in [1.165, 1.54) is 0 Å². The smallest absolute Gasteiger partial charge is 0.237 e. The number of amides is 1. The Kier molecular flexibility index (Phi) is 5.05. The van der Waals surface area contributed by atoms with E-state index in [0.717, 1.165) is 25.0 Å². The van der Waals surface area contributed by atoms with E-state index < -0.39 is 0 Å². The number of hydrogen-bond donors (Lipinski definition) is 2. The van der Waals surface area contributed by atoms with Crippen molar-refractivity contribution in [2.75, 3.05) is 0 Å². The molecule has 0 fully saturated rings. The van der Waals surface area contributed by atoms with Gasteiger partial charge in [0.1, 0.15) is 0 Å². The molecule has 1 aromatic heterocycles. The molecule has 0 aliphatic heterocycles. The number of aromatic nitrogens is 1. The second kappa shape index (κ2) is 6.33. The van der Waals surface area contributed by atoms with Gasteiger partial charge in [-0.25, -0.2) is 0 Å². The molecule has 1 unspecified atom stereocenters. The van der Waals surface area contributed by atoms with Crippen LogP contribution >= 0.6 is 0 Å². The van der Waals surface area contributed by atoms with E-state index in [-0.39, 0.29) is 11.9 Å². The fourth-order valence-corrected chi connectivity index (χ4v) is 1.54. The largest absolute Gasteiger partial charge is 0.353 e. The number of hydrogen-bond acceptors (Lipinski definition) is 2. The first-order valence-electron chi connectivity index (χ1n) is 5.78. The second-order valence-electron chi connectivity index (χ2n) is 4.08. The Morgan fingerprint density at radius 1 is 1.62 bits per heavy atom. The SMILES string of the molecule is CCCCC(N)C(=O)NCc1cccn1C. The van der Waals surface area contributed by atoms with Gasteiger partial charge >= 0.3 is 0 Å². The van der Waals surface area contributed by atoms with Crippen LogP contribution in [0.5, 0.6) is 0 Å². The summed E-state index contributed by atoms with van der Waals surface area (Å²) in [6.07, 6.45) is 4.78. The molecule has 0 saturated carbocycles. The zero-order chi connectivity index (χ0) is 12.0. The minimum Gasteiger partial charge on any atom is -0.353 e. The molecule has 16 heavy (non-hydrogen) atoms. The maximum Gasteiger partial charge on any atom is 0.237 e. The zero-order valence-electron chi connectivity index (χ0n) is 10.1. The highest BCUT2D eigenvalue weighted by molar-refractivity contribution is 5.81. The predicted molar refractivity (Wildman–Crippen MR) is 64.8 cm³/mol. The molecule has 0 saturated heterocycles. The van der Waals surface area contributed by atoms with Crippen LogP contribution in [0.15, 0.2) is 18.3 Å². The molecule has 0 spiro atoms. The molecule has 4 nitrogen and oxygen atoms in total. The first-order chi connectivity index (χ1) is 7.65. The molecular weight excluding hydrogens is 202 g/mol. The van der Waals surface area contributed by atoms with Gasteiger partial charge in [0.2, 0.25) is 5.91 Å². The Bertz CT molecular complexity index is 333. The van der Waals surface area contributed by atoms with Crippen molar-refractivity contribution < 1.29 is 4.79 Å². The van der Waals surface area contributed by atoms with E-state index in [1.807, 2.05) is 29.9 Å². The third kappa shape index (κ3) is 3.70. The van der Waals surface area contributed by atoms with Gasteiger partial charge in [-0.3, -0.25) is 4.79 Å². The van der Waals surface area contributed by atoms with E-state index >= 15 is 0 Å². The van der Waals surface area contributed by atoms with Crippen LogP contribution in [0.1, 0.15) is 31.9 Å². The van der Waals surface area contributed by atoms with Gasteiger partial charge in [0.25, 0.3) is 0 Å². The maximum absolute atomic E-state index is 11.6. The fraction of sp³-hybridized carbons (Fsp3) is 0.583. The second-order valence-corrected chi connectivity index (χ2v) is 4.08. The van der Waals surface area contributed by atoms with E-state index in [2.05, 4.69) is 12.2 Å². The van der Waals surface area contributed by atoms with Gasteiger partial charge in [0.05, 0.1) is 12.6 Å². The molecule has 0 aliphatic carbocycles. The van der Waals surface area contributed by atoms with Crippen LogP contribution in [-0.2, 0) is 18.4 Å². The molecule has 1 heterocycles. The van der Waals surface area contributed by atoms with E-state index in [4.69, 9.17) is 5.73 Å². The van der Waals surface area contributed by atoms with Gasteiger partial charge < -0.3 is 15.6 Å². The van der Waals surface area contributed by atoms with Crippen molar-refractivity contribution in [3.8, 4) is 0 Å². The lowest BCUT2D eigenvalue weighted by Crippen LogP contribution is -2.40. The molecule has 1 atom stereocenters. The number of rotatable bonds is 6. The molecule has 0 aromatic carbocycles. The van der Waals surface area contributed by atoms with Crippen LogP contribution in [-0.4, -0.2) is 16.5 Å². The minimum atomic E-state index is -0.375. The quantitative estimate of drug-likeness (QED) is 0.760. The summed E-state index contributed by atoms with van der Waals surface area (Å²) in [6, 6.07) is 3.57. The normalized spacial score (nSPS) is 12.4. The highest BCUT2D eigenvalue weighted by Crippen LogP contribution is 2.01. The highest BCUT2D eigenvalue weighted by atomic mass is 16.2. The monoisotopic (exact) mass is 223 g/mol. The molecular formula is C12H21N3O. The summed E-state index contributed by atoms with van der Waals surface area (Å²) in [7, 11) is 1.96. The van der Waals surface area contributed by atoms with E-state index in [9.17, 15) is 4.79 Å². The summed E-state index contributed by atoms with van der Waals surface area (Å²) in [5, 5.41) is 2.85. The number of carbonyl (C=O) groups is 1. The van der Waals surface area contributed by atoms with Gasteiger partial charge in [-0.05, 0) is 18.6 Å². The average Bonchev–Trinajstić information content (AvgIpc) is 2.68. The Balaban J connectivity index is 2.32. The van der Waals surface area contributed by atoms with Crippen molar-refractivity contribution in [2.24, 2.45) is 12.8 Å². The lowest BCUT2D eigenvalue weighted by Gasteiger charge is -2.12. The van der Waals surface area contributed by atoms with Crippen molar-refractivity contribution in [1.82, 2.24) is 9.88 Å². The number of unbranched alkanes of at least 4 members (excludes halogenated alkanes) is 1. The molecule has 0 aliphatic rings. The molecule has 0 bridgehead atoms. The highest BCUT2D eigenvalue weighted by Gasteiger charge is 2.12. The molecule has 1 aromatic rings. The topological polar surface area (TPSA) is 60.1 Å². The van der Waals surface area contributed by atoms with Crippen LogP contribution in [0, 0.1) is 0 Å². The number of nitrogens with one attached hydrogen (secondary N) is 1. The van der Waals surface area contributed by atoms with E-state index in [1.54, 1.807) is 0 Å². The van der Waals surface area contributed by atoms with Gasteiger partial charge in [0, 0.05) is 18.9 Å². The molecule has 1 amide bonds. The number of carbonyl (C=O) groups excluding carboxylic acids is 1. The van der Waals surface area contributed by atoms with Crippen LogP contribution in [0.3, 0.4) is 0 Å². The van der Waals surface area contributed by atoms with Crippen molar-refractivity contribution in [1.29, 1.82) is 0 Å². The van der Waals surface area contributed by atoms with Crippen molar-refractivity contribution >= 4 is 5.91 Å². The molecule has 1 rings (SSSR count). The van der Waals surface area contributed by atoms with Gasteiger partial charge in [-0.15, -0.1) is 0 Å². The van der Waals surface area contributed by atoms with Crippen LogP contribution in [0.4, 0.5) is 0 Å². The van der Waals surface area contributed by atoms with Crippen molar-refractivity contribution in [3.63, 3.8) is 0 Å². The maximum atomic E-state index is 11.6. The minimum absolute atomic E-state index is 0.0605. The zero-order valence-corrected chi connectivity index (χ0v) is 10.1. The van der Waals surface area contributed by atoms with Crippen LogP contribution < -0.4 is 11.1 Å². The van der Waals surface area contributed by atoms with E-state index in [0.29, 0.717) is 6.54 Å². The standard InChI is InChI=1S/C12H21N3O/c1-3-4-7-11(13)12(16)14-9-10-6-5-8-15(10)2/h5-6,8,11H,3-4,7,9,13H2,1-2H3,(H,14,16). The number of nitrogens with zero attached hydrogens (tertiary/aromatic N) is 1. The third-order valence-corrected chi connectivity index (χ3v) is 2.70. The Morgan fingerprint density at radius 2 is 2.38 bits per heavy atom. The van der Waals surface area contributed by atoms with Gasteiger partial charge in [-0.2, -0.15) is 0 Å². The summed E-state index contributed by atoms with van der Waals surface area (Å²) < 4.78 is 1.98. The third-order valence-electron chi connectivity index (χ3n) is 2.70. The number of aryl methyl sites for hydroxylation is 1. The lowest BCUT2D eigenvalue weighted by atomic mass is 10.1. The Labute approximate surface area is 96.8 Å². The van der Waals surface area contributed by atoms with Crippen molar-refractivity contribution in [3.05, 3.63) is 24.0 Å². The van der Waals surface area contributed by atoms with Crippen LogP contribution in [0.25, 0.3) is 0 Å². The summed E-state index contributed by atoms with van der Waals surface area (Å²) in [5.74, 6) is -0.0605. The summed E-state index contributed by atoms with van der Waals surface area (Å²) >= 11 is 0. The van der Waals surface area contributed by atoms with Gasteiger partial charge in [0.15, 0.2) is 0 Å². The number of nitrogens with two attached hydrogens (primary N) is 1. The molecule has 3 N–H and O–H groups in total. The first kappa shape index (κ1) is 12.8. The Hall–Kier alpha value is -1.29. The summed E-state index contributed by atoms with van der Waals surface area (Å²) in [5.41, 5.74) is 6.84. The molecule has 0 radical (unpaired) electrons. The van der Waals surface area contributed by atoms with Crippen molar-refractivity contribution in [2.45, 2.75) is 38.8 Å². The molecule has 90 valence electrons. The Morgan fingerprint density at radius 3 is 2.94 bits per heavy atom. The summed E-state index contributed by atoms with van der Waals surface area (Å²) in [4.78, 5) is 11.6. The van der Waals surface area contributed by atoms with Crippen LogP contribution in [0.2, 0.25) is 0 Å². The fourth-order valence-electron chi connectivity index (χ4n) is 1.54. The van der Waals surface area contributed by atoms with Gasteiger partial charge in [-0.1, -0.05) is 19.8 Å². The first-order valence-corrected chi connectivity index (χ1v) is 5.78. The predicted octanol–water partition coefficient (Wildman–Crippen LogP) is 1.16. The molecule has 4 heteroatoms.